The number of nitrogens with zero attached hydrogens (tertiary/aromatic N) is 1. The predicted molar refractivity (Wildman–Crippen MR) is 142 cm³/mol. The Labute approximate surface area is 208 Å². The van der Waals surface area contributed by atoms with E-state index in [9.17, 15) is 18.3 Å². The molecule has 186 valence electrons. The number of sulfonamides is 1. The predicted octanol–water partition coefficient (Wildman–Crippen LogP) is 6.19. The average Bonchev–Trinajstić information content (AvgIpc) is 2.82. The van der Waals surface area contributed by atoms with Crippen LogP contribution < -0.4 is 9.62 Å². The highest BCUT2D eigenvalue weighted by molar-refractivity contribution is 7.92. The molecular formula is C28H34N2O4S. The lowest BCUT2D eigenvalue weighted by Gasteiger charge is -2.27. The molecule has 0 heterocycles. The summed E-state index contributed by atoms with van der Waals surface area (Å²) in [5.41, 5.74) is 2.99. The number of rotatable bonds is 12. The molecule has 35 heavy (non-hydrogen) atoms. The Morgan fingerprint density at radius 3 is 2.26 bits per heavy atom. The van der Waals surface area contributed by atoms with E-state index in [2.05, 4.69) is 25.5 Å². The summed E-state index contributed by atoms with van der Waals surface area (Å²) in [6, 6.07) is 21.4. The lowest BCUT2D eigenvalue weighted by Crippen LogP contribution is -2.26. The summed E-state index contributed by atoms with van der Waals surface area (Å²) < 4.78 is 28.4. The Hall–Kier alpha value is -3.32. The van der Waals surface area contributed by atoms with Crippen molar-refractivity contribution in [2.75, 3.05) is 16.2 Å². The first-order valence-electron chi connectivity index (χ1n) is 12.0. The molecule has 0 fully saturated rings. The molecule has 6 nitrogen and oxygen atoms in total. The van der Waals surface area contributed by atoms with Gasteiger partial charge in [0, 0.05) is 18.8 Å². The van der Waals surface area contributed by atoms with Crippen LogP contribution in [0.2, 0.25) is 0 Å². The second-order valence-electron chi connectivity index (χ2n) is 9.15. The summed E-state index contributed by atoms with van der Waals surface area (Å²) in [5, 5.41) is 9.94. The van der Waals surface area contributed by atoms with Crippen LogP contribution >= 0.6 is 0 Å². The number of carbonyl (C=O) groups is 1. The molecular weight excluding hydrogens is 460 g/mol. The highest BCUT2D eigenvalue weighted by Crippen LogP contribution is 2.28. The lowest BCUT2D eigenvalue weighted by molar-refractivity contribution is 0.0697. The van der Waals surface area contributed by atoms with Crippen molar-refractivity contribution in [2.45, 2.75) is 51.5 Å². The van der Waals surface area contributed by atoms with Gasteiger partial charge in [0.05, 0.1) is 16.1 Å². The zero-order valence-electron chi connectivity index (χ0n) is 20.6. The Morgan fingerprint density at radius 2 is 1.66 bits per heavy atom. The molecule has 0 aliphatic heterocycles. The molecule has 7 heteroatoms. The van der Waals surface area contributed by atoms with Crippen molar-refractivity contribution in [3.63, 3.8) is 0 Å². The monoisotopic (exact) mass is 494 g/mol. The van der Waals surface area contributed by atoms with Crippen LogP contribution in [0, 0.1) is 5.92 Å². The summed E-state index contributed by atoms with van der Waals surface area (Å²) in [7, 11) is -3.85. The molecule has 0 saturated heterocycles. The molecule has 0 unspecified atom stereocenters. The van der Waals surface area contributed by atoms with Gasteiger partial charge < -0.3 is 10.0 Å². The van der Waals surface area contributed by atoms with E-state index in [0.29, 0.717) is 24.7 Å². The van der Waals surface area contributed by atoms with E-state index in [1.165, 1.54) is 6.07 Å². The van der Waals surface area contributed by atoms with Gasteiger partial charge in [-0.25, -0.2) is 13.2 Å². The van der Waals surface area contributed by atoms with E-state index >= 15 is 0 Å². The molecule has 0 aliphatic rings. The van der Waals surface area contributed by atoms with Crippen molar-refractivity contribution in [3.05, 3.63) is 89.5 Å². The molecule has 0 atom stereocenters. The van der Waals surface area contributed by atoms with Crippen molar-refractivity contribution in [1.29, 1.82) is 0 Å². The van der Waals surface area contributed by atoms with E-state index in [0.717, 1.165) is 30.4 Å². The van der Waals surface area contributed by atoms with Gasteiger partial charge in [0.15, 0.2) is 0 Å². The third-order valence-corrected chi connectivity index (χ3v) is 7.09. The molecule has 2 N–H and O–H groups in total. The second-order valence-corrected chi connectivity index (χ2v) is 10.8. The minimum atomic E-state index is -3.85. The standard InChI is InChI=1S/C28H34N2O4S/c1-4-5-17-30(20-23-9-7-6-8-10-23)27-16-13-24(19-26(27)28(31)32)29-35(33,34)25-14-11-22(12-15-25)18-21(2)3/h6-16,19,21,29H,4-5,17-18,20H2,1-3H3,(H,31,32). The highest BCUT2D eigenvalue weighted by atomic mass is 32.2. The van der Waals surface area contributed by atoms with Crippen LogP contribution in [0.4, 0.5) is 11.4 Å². The van der Waals surface area contributed by atoms with E-state index in [1.54, 1.807) is 24.3 Å². The number of unbranched alkanes of at least 4 members (excludes halogenated alkanes) is 1. The Bertz CT molecular complexity index is 1220. The average molecular weight is 495 g/mol. The fraction of sp³-hybridized carbons (Fsp3) is 0.321. The summed E-state index contributed by atoms with van der Waals surface area (Å²) >= 11 is 0. The topological polar surface area (TPSA) is 86.7 Å². The molecule has 0 saturated carbocycles. The number of hydrogen-bond donors (Lipinski definition) is 2. The van der Waals surface area contributed by atoms with Crippen molar-refractivity contribution in [3.8, 4) is 0 Å². The van der Waals surface area contributed by atoms with Crippen LogP contribution in [-0.2, 0) is 23.0 Å². The van der Waals surface area contributed by atoms with Gasteiger partial charge in [-0.05, 0) is 60.2 Å². The first-order valence-corrected chi connectivity index (χ1v) is 13.5. The van der Waals surface area contributed by atoms with Crippen molar-refractivity contribution in [1.82, 2.24) is 0 Å². The number of benzene rings is 3. The largest absolute Gasteiger partial charge is 0.478 e. The van der Waals surface area contributed by atoms with Gasteiger partial charge in [0.2, 0.25) is 0 Å². The highest BCUT2D eigenvalue weighted by Gasteiger charge is 2.20. The summed E-state index contributed by atoms with van der Waals surface area (Å²) in [6.07, 6.45) is 2.75. The minimum absolute atomic E-state index is 0.0597. The fourth-order valence-electron chi connectivity index (χ4n) is 3.97. The van der Waals surface area contributed by atoms with Gasteiger partial charge in [-0.3, -0.25) is 4.72 Å². The molecule has 0 amide bonds. The summed E-state index contributed by atoms with van der Waals surface area (Å²) in [5.74, 6) is -0.629. The molecule has 0 aliphatic carbocycles. The third-order valence-electron chi connectivity index (χ3n) is 5.70. The third kappa shape index (κ3) is 7.33. The SMILES string of the molecule is CCCCN(Cc1ccccc1)c1ccc(NS(=O)(=O)c2ccc(CC(C)C)cc2)cc1C(=O)O. The quantitative estimate of drug-likeness (QED) is 0.313. The molecule has 3 aromatic carbocycles. The van der Waals surface area contributed by atoms with Crippen LogP contribution in [0.15, 0.2) is 77.7 Å². The van der Waals surface area contributed by atoms with Crippen molar-refractivity contribution >= 4 is 27.4 Å². The molecule has 3 rings (SSSR count). The second kappa shape index (κ2) is 11.9. The van der Waals surface area contributed by atoms with Gasteiger partial charge in [-0.1, -0.05) is 69.7 Å². The van der Waals surface area contributed by atoms with Crippen LogP contribution in [0.5, 0.6) is 0 Å². The number of carboxylic acids is 1. The molecule has 0 bridgehead atoms. The van der Waals surface area contributed by atoms with Crippen molar-refractivity contribution in [2.24, 2.45) is 5.92 Å². The summed E-state index contributed by atoms with van der Waals surface area (Å²) in [4.78, 5) is 14.3. The smallest absolute Gasteiger partial charge is 0.337 e. The maximum Gasteiger partial charge on any atom is 0.337 e. The number of carboxylic acid groups (broad SMARTS) is 1. The first kappa shape index (κ1) is 26.3. The Morgan fingerprint density at radius 1 is 0.971 bits per heavy atom. The number of nitrogens with one attached hydrogen (secondary N) is 1. The van der Waals surface area contributed by atoms with Crippen LogP contribution in [0.1, 0.15) is 55.1 Å². The van der Waals surface area contributed by atoms with Crippen molar-refractivity contribution < 1.29 is 18.3 Å². The van der Waals surface area contributed by atoms with Gasteiger partial charge in [-0.15, -0.1) is 0 Å². The van der Waals surface area contributed by atoms with Gasteiger partial charge in [0.25, 0.3) is 10.0 Å². The number of aromatic carboxylic acids is 1. The van der Waals surface area contributed by atoms with Crippen LogP contribution in [0.3, 0.4) is 0 Å². The van der Waals surface area contributed by atoms with E-state index in [4.69, 9.17) is 0 Å². The normalized spacial score (nSPS) is 11.4. The number of hydrogen-bond acceptors (Lipinski definition) is 4. The van der Waals surface area contributed by atoms with Gasteiger partial charge >= 0.3 is 5.97 Å². The maximum absolute atomic E-state index is 12.9. The molecule has 0 radical (unpaired) electrons. The summed E-state index contributed by atoms with van der Waals surface area (Å²) in [6.45, 7) is 7.57. The Kier molecular flexibility index (Phi) is 8.93. The van der Waals surface area contributed by atoms with Gasteiger partial charge in [0.1, 0.15) is 0 Å². The fourth-order valence-corrected chi connectivity index (χ4v) is 5.02. The molecule has 3 aromatic rings. The maximum atomic E-state index is 12.9. The van der Waals surface area contributed by atoms with Crippen LogP contribution in [-0.4, -0.2) is 26.0 Å². The number of anilines is 2. The lowest BCUT2D eigenvalue weighted by atomic mass is 10.0. The zero-order chi connectivity index (χ0) is 25.4. The molecule has 0 spiro atoms. The zero-order valence-corrected chi connectivity index (χ0v) is 21.4. The van der Waals surface area contributed by atoms with E-state index in [-0.39, 0.29) is 16.1 Å². The van der Waals surface area contributed by atoms with Gasteiger partial charge in [-0.2, -0.15) is 0 Å². The Balaban J connectivity index is 1.88. The molecule has 0 aromatic heterocycles. The van der Waals surface area contributed by atoms with E-state index in [1.807, 2.05) is 47.4 Å². The van der Waals surface area contributed by atoms with Crippen LogP contribution in [0.25, 0.3) is 0 Å². The first-order chi connectivity index (χ1) is 16.7. The van der Waals surface area contributed by atoms with E-state index < -0.39 is 16.0 Å². The minimum Gasteiger partial charge on any atom is -0.478 e.